The summed E-state index contributed by atoms with van der Waals surface area (Å²) in [6.45, 7) is 2.07. The van der Waals surface area contributed by atoms with E-state index in [0.717, 1.165) is 18.4 Å². The molecule has 1 aliphatic carbocycles. The lowest BCUT2D eigenvalue weighted by Gasteiger charge is -2.19. The van der Waals surface area contributed by atoms with E-state index in [2.05, 4.69) is 6.92 Å². The Morgan fingerprint density at radius 3 is 2.24 bits per heavy atom. The van der Waals surface area contributed by atoms with Gasteiger partial charge in [-0.15, -0.1) is 0 Å². The summed E-state index contributed by atoms with van der Waals surface area (Å²) in [5.74, 6) is -0.498. The molecule has 3 nitrogen and oxygen atoms in total. The third-order valence-corrected chi connectivity index (χ3v) is 3.95. The van der Waals surface area contributed by atoms with Crippen molar-refractivity contribution in [3.8, 4) is 5.75 Å². The molecule has 0 spiro atoms. The van der Waals surface area contributed by atoms with Gasteiger partial charge < -0.3 is 5.11 Å². The monoisotopic (exact) mass is 280 g/mol. The van der Waals surface area contributed by atoms with E-state index in [4.69, 9.17) is 0 Å². The molecule has 1 N–H and O–H groups in total. The van der Waals surface area contributed by atoms with Crippen LogP contribution < -0.4 is 0 Å². The normalized spacial score (nSPS) is 13.0. The zero-order valence-electron chi connectivity index (χ0n) is 11.8. The number of phenols is 1. The molecule has 0 saturated carbocycles. The zero-order valence-corrected chi connectivity index (χ0v) is 11.8. The molecule has 2 aromatic rings. The highest BCUT2D eigenvalue weighted by molar-refractivity contribution is 6.29. The van der Waals surface area contributed by atoms with Crippen molar-refractivity contribution < 1.29 is 14.7 Å². The van der Waals surface area contributed by atoms with Gasteiger partial charge in [0.05, 0.1) is 5.56 Å². The highest BCUT2D eigenvalue weighted by atomic mass is 16.3. The summed E-state index contributed by atoms with van der Waals surface area (Å²) in [7, 11) is 0. The second-order valence-corrected chi connectivity index (χ2v) is 5.30. The molecule has 106 valence electrons. The van der Waals surface area contributed by atoms with Crippen molar-refractivity contribution in [2.75, 3.05) is 0 Å². The van der Waals surface area contributed by atoms with E-state index in [1.54, 1.807) is 36.4 Å². The number of benzene rings is 2. The molecular weight excluding hydrogens is 264 g/mol. The van der Waals surface area contributed by atoms with Crippen LogP contribution in [0.15, 0.2) is 36.4 Å². The molecule has 21 heavy (non-hydrogen) atoms. The molecule has 0 atom stereocenters. The zero-order chi connectivity index (χ0) is 15.0. The summed E-state index contributed by atoms with van der Waals surface area (Å²) in [5, 5.41) is 10.4. The van der Waals surface area contributed by atoms with Crippen LogP contribution in [0.2, 0.25) is 0 Å². The summed E-state index contributed by atoms with van der Waals surface area (Å²) in [6, 6.07) is 10.2. The van der Waals surface area contributed by atoms with E-state index >= 15 is 0 Å². The minimum absolute atomic E-state index is 0.0335. The van der Waals surface area contributed by atoms with E-state index in [9.17, 15) is 14.7 Å². The Bertz CT molecular complexity index is 744. The lowest BCUT2D eigenvalue weighted by molar-refractivity contribution is 0.0976. The number of fused-ring (bicyclic) bond motifs is 2. The summed E-state index contributed by atoms with van der Waals surface area (Å²) >= 11 is 0. The maximum atomic E-state index is 12.6. The average molecular weight is 280 g/mol. The van der Waals surface area contributed by atoms with Gasteiger partial charge in [0, 0.05) is 16.7 Å². The molecule has 0 saturated heterocycles. The van der Waals surface area contributed by atoms with E-state index in [-0.39, 0.29) is 22.9 Å². The number of rotatable bonds is 3. The van der Waals surface area contributed by atoms with Crippen LogP contribution in [0.25, 0.3) is 0 Å². The number of carbonyl (C=O) groups excluding carboxylic acids is 2. The van der Waals surface area contributed by atoms with E-state index in [1.807, 2.05) is 0 Å². The topological polar surface area (TPSA) is 54.4 Å². The molecule has 0 amide bonds. The number of phenolic OH excluding ortho intramolecular Hbond substituents is 1. The first-order valence-corrected chi connectivity index (χ1v) is 7.18. The highest BCUT2D eigenvalue weighted by Gasteiger charge is 2.32. The van der Waals surface area contributed by atoms with Crippen LogP contribution >= 0.6 is 0 Å². The van der Waals surface area contributed by atoms with Crippen LogP contribution in [0, 0.1) is 0 Å². The minimum atomic E-state index is -0.268. The predicted octanol–water partition coefficient (Wildman–Crippen LogP) is 3.51. The van der Waals surface area contributed by atoms with Gasteiger partial charge in [0.15, 0.2) is 11.6 Å². The first kappa shape index (κ1) is 13.6. The molecule has 1 aliphatic rings. The Morgan fingerprint density at radius 1 is 0.905 bits per heavy atom. The number of ketones is 2. The van der Waals surface area contributed by atoms with E-state index in [1.165, 1.54) is 0 Å². The SMILES string of the molecule is CCCCc1ccc2c(c1O)C(=O)c1ccccc1C2=O. The number of unbranched alkanes of at least 4 members (excludes halogenated alkanes) is 1. The van der Waals surface area contributed by atoms with Gasteiger partial charge in [0.2, 0.25) is 0 Å². The second-order valence-electron chi connectivity index (χ2n) is 5.30. The number of hydrogen-bond acceptors (Lipinski definition) is 3. The van der Waals surface area contributed by atoms with Gasteiger partial charge in [-0.25, -0.2) is 0 Å². The third kappa shape index (κ3) is 2.05. The van der Waals surface area contributed by atoms with Crippen molar-refractivity contribution in [2.45, 2.75) is 26.2 Å². The number of hydrogen-bond donors (Lipinski definition) is 1. The Balaban J connectivity index is 2.17. The minimum Gasteiger partial charge on any atom is -0.507 e. The molecule has 0 fully saturated rings. The summed E-state index contributed by atoms with van der Waals surface area (Å²) < 4.78 is 0. The Morgan fingerprint density at radius 2 is 1.57 bits per heavy atom. The second kappa shape index (κ2) is 5.17. The average Bonchev–Trinajstić information content (AvgIpc) is 2.51. The third-order valence-electron chi connectivity index (χ3n) is 3.95. The lowest BCUT2D eigenvalue weighted by atomic mass is 9.82. The maximum absolute atomic E-state index is 12.6. The largest absolute Gasteiger partial charge is 0.507 e. The molecule has 0 bridgehead atoms. The van der Waals surface area contributed by atoms with Crippen LogP contribution in [0.1, 0.15) is 57.2 Å². The van der Waals surface area contributed by atoms with Crippen LogP contribution in [0.3, 0.4) is 0 Å². The van der Waals surface area contributed by atoms with Crippen LogP contribution in [-0.4, -0.2) is 16.7 Å². The van der Waals surface area contributed by atoms with Crippen LogP contribution in [0.5, 0.6) is 5.75 Å². The molecule has 0 aromatic heterocycles. The highest BCUT2D eigenvalue weighted by Crippen LogP contribution is 2.35. The summed E-state index contributed by atoms with van der Waals surface area (Å²) in [5.41, 5.74) is 1.98. The van der Waals surface area contributed by atoms with Gasteiger partial charge in [-0.1, -0.05) is 43.7 Å². The maximum Gasteiger partial charge on any atom is 0.198 e. The number of aromatic hydroxyl groups is 1. The molecule has 0 radical (unpaired) electrons. The first-order valence-electron chi connectivity index (χ1n) is 7.18. The molecule has 3 heteroatoms. The summed E-state index contributed by atoms with van der Waals surface area (Å²) in [6.07, 6.45) is 2.65. The molecular formula is C18H16O3. The van der Waals surface area contributed by atoms with E-state index in [0.29, 0.717) is 23.1 Å². The fourth-order valence-corrected chi connectivity index (χ4v) is 2.78. The standard InChI is InChI=1S/C18H16O3/c1-2-3-6-11-9-10-14-15(16(11)19)18(21)13-8-5-4-7-12(13)17(14)20/h4-5,7-10,19H,2-3,6H2,1H3. The van der Waals surface area contributed by atoms with Crippen molar-refractivity contribution in [1.29, 1.82) is 0 Å². The van der Waals surface area contributed by atoms with Crippen molar-refractivity contribution >= 4 is 11.6 Å². The molecule has 0 heterocycles. The van der Waals surface area contributed by atoms with Gasteiger partial charge in [-0.2, -0.15) is 0 Å². The number of aryl methyl sites for hydroxylation is 1. The quantitative estimate of drug-likeness (QED) is 0.798. The van der Waals surface area contributed by atoms with E-state index < -0.39 is 0 Å². The molecule has 3 rings (SSSR count). The molecule has 2 aromatic carbocycles. The van der Waals surface area contributed by atoms with Crippen molar-refractivity contribution in [3.63, 3.8) is 0 Å². The Kier molecular flexibility index (Phi) is 3.34. The van der Waals surface area contributed by atoms with Crippen molar-refractivity contribution in [2.24, 2.45) is 0 Å². The lowest BCUT2D eigenvalue weighted by Crippen LogP contribution is -2.21. The molecule has 0 unspecified atom stereocenters. The smallest absolute Gasteiger partial charge is 0.198 e. The predicted molar refractivity (Wildman–Crippen MR) is 80.0 cm³/mol. The number of carbonyl (C=O) groups is 2. The van der Waals surface area contributed by atoms with Gasteiger partial charge in [0.1, 0.15) is 5.75 Å². The molecule has 0 aliphatic heterocycles. The van der Waals surface area contributed by atoms with Gasteiger partial charge in [0.25, 0.3) is 0 Å². The Hall–Kier alpha value is -2.42. The first-order chi connectivity index (χ1) is 10.1. The summed E-state index contributed by atoms with van der Waals surface area (Å²) in [4.78, 5) is 25.1. The van der Waals surface area contributed by atoms with Gasteiger partial charge in [-0.3, -0.25) is 9.59 Å². The van der Waals surface area contributed by atoms with Crippen molar-refractivity contribution in [1.82, 2.24) is 0 Å². The van der Waals surface area contributed by atoms with Crippen LogP contribution in [-0.2, 0) is 6.42 Å². The fraction of sp³-hybridized carbons (Fsp3) is 0.222. The van der Waals surface area contributed by atoms with Gasteiger partial charge >= 0.3 is 0 Å². The van der Waals surface area contributed by atoms with Crippen LogP contribution in [0.4, 0.5) is 0 Å². The van der Waals surface area contributed by atoms with Crippen molar-refractivity contribution in [3.05, 3.63) is 64.2 Å². The Labute approximate surface area is 123 Å². The fourth-order valence-electron chi connectivity index (χ4n) is 2.78. The van der Waals surface area contributed by atoms with Gasteiger partial charge in [-0.05, 0) is 24.5 Å².